The Bertz CT molecular complexity index is 968. The molecule has 6 nitrogen and oxygen atoms in total. The number of nitrogens with zero attached hydrogens (tertiary/aromatic N) is 4. The molecule has 30 heavy (non-hydrogen) atoms. The van der Waals surface area contributed by atoms with E-state index in [2.05, 4.69) is 27.2 Å². The molecule has 3 heterocycles. The van der Waals surface area contributed by atoms with E-state index in [-0.39, 0.29) is 11.3 Å². The van der Waals surface area contributed by atoms with E-state index in [0.717, 1.165) is 50.3 Å². The Hall–Kier alpha value is -2.64. The van der Waals surface area contributed by atoms with Gasteiger partial charge in [-0.15, -0.1) is 0 Å². The number of halogens is 2. The molecule has 0 saturated heterocycles. The van der Waals surface area contributed by atoms with Crippen LogP contribution in [0.5, 0.6) is 0 Å². The lowest BCUT2D eigenvalue weighted by molar-refractivity contribution is -0.114. The zero-order valence-electron chi connectivity index (χ0n) is 17.6. The maximum atomic E-state index is 14.2. The van der Waals surface area contributed by atoms with Crippen LogP contribution in [0.2, 0.25) is 0 Å². The highest BCUT2D eigenvalue weighted by molar-refractivity contribution is 5.89. The molecule has 1 amide bonds. The van der Waals surface area contributed by atoms with E-state index in [4.69, 9.17) is 0 Å². The number of anilines is 3. The summed E-state index contributed by atoms with van der Waals surface area (Å²) < 4.78 is 28.3. The molecule has 0 atom stereocenters. The molecule has 2 aromatic heterocycles. The smallest absolute Gasteiger partial charge is 0.303 e. The van der Waals surface area contributed by atoms with Crippen LogP contribution in [-0.2, 0) is 22.6 Å². The van der Waals surface area contributed by atoms with Crippen molar-refractivity contribution in [2.24, 2.45) is 0 Å². The third-order valence-corrected chi connectivity index (χ3v) is 5.83. The maximum Gasteiger partial charge on any atom is 0.303 e. The predicted octanol–water partition coefficient (Wildman–Crippen LogP) is 4.86. The number of hydrogen-bond donors (Lipinski definition) is 1. The predicted molar refractivity (Wildman–Crippen MR) is 111 cm³/mol. The second-order valence-electron chi connectivity index (χ2n) is 8.52. The molecule has 0 radical (unpaired) electrons. The lowest BCUT2D eigenvalue weighted by Gasteiger charge is -2.22. The Balaban J connectivity index is 1.75. The Morgan fingerprint density at radius 3 is 2.67 bits per heavy atom. The molecule has 2 aromatic rings. The summed E-state index contributed by atoms with van der Waals surface area (Å²) in [4.78, 5) is 26.2. The fourth-order valence-corrected chi connectivity index (χ4v) is 4.08. The van der Waals surface area contributed by atoms with Crippen molar-refractivity contribution in [2.75, 3.05) is 16.8 Å². The number of aryl methyl sites for hydroxylation is 1. The summed E-state index contributed by atoms with van der Waals surface area (Å²) in [6, 6.07) is 3.64. The van der Waals surface area contributed by atoms with Crippen molar-refractivity contribution in [2.45, 2.75) is 70.6 Å². The molecule has 0 bridgehead atoms. The molecular formula is C22H27F2N5O. The summed E-state index contributed by atoms with van der Waals surface area (Å²) >= 11 is 0. The van der Waals surface area contributed by atoms with Crippen LogP contribution >= 0.6 is 0 Å². The van der Waals surface area contributed by atoms with Gasteiger partial charge in [0.15, 0.2) is 0 Å². The first kappa shape index (κ1) is 20.6. The van der Waals surface area contributed by atoms with E-state index >= 15 is 0 Å². The van der Waals surface area contributed by atoms with Gasteiger partial charge < -0.3 is 10.2 Å². The SMILES string of the molecule is CCCCCc1cc(N2CC3(CC3)c3cnc(NC(C)=O)cc32)nc(C(C)(F)F)n1. The maximum absolute atomic E-state index is 14.2. The van der Waals surface area contributed by atoms with Gasteiger partial charge in [-0.05, 0) is 25.7 Å². The number of hydrogen-bond acceptors (Lipinski definition) is 5. The number of alkyl halides is 2. The van der Waals surface area contributed by atoms with Crippen LogP contribution in [0.25, 0.3) is 0 Å². The summed E-state index contributed by atoms with van der Waals surface area (Å²) in [5.74, 6) is -2.84. The average Bonchev–Trinajstić information content (AvgIpc) is 3.38. The largest absolute Gasteiger partial charge is 0.325 e. The molecule has 160 valence electrons. The Labute approximate surface area is 175 Å². The number of nitrogens with one attached hydrogen (secondary N) is 1. The molecule has 2 aliphatic rings. The number of unbranched alkanes of at least 4 members (excludes halogenated alkanes) is 2. The highest BCUT2D eigenvalue weighted by Gasteiger charge is 2.52. The summed E-state index contributed by atoms with van der Waals surface area (Å²) in [7, 11) is 0. The lowest BCUT2D eigenvalue weighted by atomic mass is 10.0. The van der Waals surface area contributed by atoms with E-state index in [1.54, 1.807) is 6.20 Å². The molecule has 1 N–H and O–H groups in total. The van der Waals surface area contributed by atoms with Gasteiger partial charge in [-0.25, -0.2) is 15.0 Å². The minimum Gasteiger partial charge on any atom is -0.325 e. The van der Waals surface area contributed by atoms with E-state index < -0.39 is 11.7 Å². The molecule has 1 fully saturated rings. The summed E-state index contributed by atoms with van der Waals surface area (Å²) in [5, 5.41) is 2.71. The Morgan fingerprint density at radius 2 is 2.03 bits per heavy atom. The third-order valence-electron chi connectivity index (χ3n) is 5.83. The second kappa shape index (κ2) is 7.56. The number of rotatable bonds is 7. The monoisotopic (exact) mass is 415 g/mol. The van der Waals surface area contributed by atoms with E-state index in [0.29, 0.717) is 30.3 Å². The van der Waals surface area contributed by atoms with Gasteiger partial charge in [0.1, 0.15) is 11.6 Å². The van der Waals surface area contributed by atoms with Crippen molar-refractivity contribution in [3.8, 4) is 0 Å². The van der Waals surface area contributed by atoms with E-state index in [1.807, 2.05) is 17.0 Å². The number of amides is 1. The van der Waals surface area contributed by atoms with Crippen LogP contribution in [-0.4, -0.2) is 27.4 Å². The molecule has 8 heteroatoms. The van der Waals surface area contributed by atoms with Gasteiger partial charge in [-0.1, -0.05) is 19.8 Å². The van der Waals surface area contributed by atoms with Crippen LogP contribution in [0.1, 0.15) is 70.0 Å². The van der Waals surface area contributed by atoms with Gasteiger partial charge in [-0.3, -0.25) is 4.79 Å². The minimum atomic E-state index is -3.12. The van der Waals surface area contributed by atoms with Crippen molar-refractivity contribution in [3.63, 3.8) is 0 Å². The Morgan fingerprint density at radius 1 is 1.27 bits per heavy atom. The quantitative estimate of drug-likeness (QED) is 0.654. The van der Waals surface area contributed by atoms with Gasteiger partial charge in [0, 0.05) is 55.4 Å². The van der Waals surface area contributed by atoms with E-state index in [1.165, 1.54) is 6.92 Å². The topological polar surface area (TPSA) is 71.0 Å². The van der Waals surface area contributed by atoms with Crippen molar-refractivity contribution >= 4 is 23.2 Å². The first-order valence-corrected chi connectivity index (χ1v) is 10.5. The highest BCUT2D eigenvalue weighted by Crippen LogP contribution is 2.58. The minimum absolute atomic E-state index is 0.000688. The zero-order valence-corrected chi connectivity index (χ0v) is 17.6. The number of pyridine rings is 1. The first-order chi connectivity index (χ1) is 14.2. The number of carbonyl (C=O) groups is 1. The van der Waals surface area contributed by atoms with Crippen molar-refractivity contribution in [1.29, 1.82) is 0 Å². The summed E-state index contributed by atoms with van der Waals surface area (Å²) in [6.07, 6.45) is 7.48. The standard InChI is InChI=1S/C22H27F2N5O/c1-4-5-6-7-15-10-19(28-20(27-15)21(3,23)24)29-13-22(8-9-22)16-12-25-18(11-17(16)29)26-14(2)30/h10-12H,4-9,13H2,1-3H3,(H,25,26,30). The van der Waals surface area contributed by atoms with Crippen LogP contribution < -0.4 is 10.2 Å². The number of fused-ring (bicyclic) bond motifs is 2. The zero-order chi connectivity index (χ0) is 21.5. The summed E-state index contributed by atoms with van der Waals surface area (Å²) in [5.41, 5.74) is 2.60. The number of carbonyl (C=O) groups excluding carboxylic acids is 1. The van der Waals surface area contributed by atoms with E-state index in [9.17, 15) is 13.6 Å². The second-order valence-corrected chi connectivity index (χ2v) is 8.52. The molecule has 1 aliphatic carbocycles. The van der Waals surface area contributed by atoms with Crippen molar-refractivity contribution in [1.82, 2.24) is 15.0 Å². The first-order valence-electron chi connectivity index (χ1n) is 10.5. The molecule has 4 rings (SSSR count). The molecule has 1 saturated carbocycles. The van der Waals surface area contributed by atoms with Gasteiger partial charge in [0.05, 0.1) is 5.69 Å². The van der Waals surface area contributed by atoms with Gasteiger partial charge >= 0.3 is 5.92 Å². The fraction of sp³-hybridized carbons (Fsp3) is 0.545. The molecule has 1 aliphatic heterocycles. The van der Waals surface area contributed by atoms with Gasteiger partial charge in [0.2, 0.25) is 11.7 Å². The fourth-order valence-electron chi connectivity index (χ4n) is 4.08. The van der Waals surface area contributed by atoms with Gasteiger partial charge in [0.25, 0.3) is 0 Å². The normalized spacial score (nSPS) is 16.6. The third kappa shape index (κ3) is 4.00. The highest BCUT2D eigenvalue weighted by atomic mass is 19.3. The molecule has 0 aromatic carbocycles. The van der Waals surface area contributed by atoms with Crippen LogP contribution in [0.4, 0.5) is 26.1 Å². The van der Waals surface area contributed by atoms with Crippen molar-refractivity contribution in [3.05, 3.63) is 35.4 Å². The summed E-state index contributed by atoms with van der Waals surface area (Å²) in [6.45, 7) is 5.04. The van der Waals surface area contributed by atoms with Gasteiger partial charge in [-0.2, -0.15) is 8.78 Å². The molecule has 0 unspecified atom stereocenters. The lowest BCUT2D eigenvalue weighted by Crippen LogP contribution is -2.23. The number of aromatic nitrogens is 3. The average molecular weight is 415 g/mol. The van der Waals surface area contributed by atoms with Crippen LogP contribution in [0.3, 0.4) is 0 Å². The molecule has 1 spiro atoms. The molecular weight excluding hydrogens is 388 g/mol. The Kier molecular flexibility index (Phi) is 5.20. The van der Waals surface area contributed by atoms with Crippen molar-refractivity contribution < 1.29 is 13.6 Å². The van der Waals surface area contributed by atoms with Crippen LogP contribution in [0, 0.1) is 0 Å². The van der Waals surface area contributed by atoms with Crippen LogP contribution in [0.15, 0.2) is 18.3 Å².